The van der Waals surface area contributed by atoms with Crippen molar-refractivity contribution in [2.45, 2.75) is 6.92 Å². The first-order chi connectivity index (χ1) is 11.6. The van der Waals surface area contributed by atoms with E-state index in [1.165, 1.54) is 18.2 Å². The Kier molecular flexibility index (Phi) is 4.11. The molecule has 3 aromatic rings. The lowest BCUT2D eigenvalue weighted by atomic mass is 10.1. The highest BCUT2D eigenvalue weighted by molar-refractivity contribution is 5.82. The molecule has 0 aliphatic carbocycles. The minimum atomic E-state index is -0.469. The number of carbonyl (C=O) groups excluding carboxylic acids is 1. The Balaban J connectivity index is 2.07. The Bertz CT molecular complexity index is 915. The Labute approximate surface area is 137 Å². The summed E-state index contributed by atoms with van der Waals surface area (Å²) in [5.74, 6) is 0.550. The van der Waals surface area contributed by atoms with Crippen LogP contribution in [-0.2, 0) is 0 Å². The third kappa shape index (κ3) is 3.17. The van der Waals surface area contributed by atoms with Crippen molar-refractivity contribution < 1.29 is 14.1 Å². The molecule has 2 aromatic carbocycles. The predicted molar refractivity (Wildman–Crippen MR) is 90.6 cm³/mol. The Morgan fingerprint density at radius 3 is 2.62 bits per heavy atom. The highest BCUT2D eigenvalue weighted by Crippen LogP contribution is 2.34. The van der Waals surface area contributed by atoms with E-state index in [2.05, 4.69) is 5.32 Å². The minimum absolute atomic E-state index is 0.0520. The third-order valence-corrected chi connectivity index (χ3v) is 3.52. The highest BCUT2D eigenvalue weighted by atomic mass is 16.6. The molecule has 6 nitrogen and oxygen atoms in total. The minimum Gasteiger partial charge on any atom is -0.453 e. The monoisotopic (exact) mass is 322 g/mol. The van der Waals surface area contributed by atoms with Crippen LogP contribution in [-0.4, -0.2) is 11.2 Å². The maximum Gasteiger partial charge on any atom is 0.270 e. The summed E-state index contributed by atoms with van der Waals surface area (Å²) in [6.45, 7) is 1.98. The van der Waals surface area contributed by atoms with Crippen molar-refractivity contribution in [3.63, 3.8) is 0 Å². The number of aryl methyl sites for hydroxylation is 1. The van der Waals surface area contributed by atoms with Crippen LogP contribution in [0.15, 0.2) is 59.0 Å². The van der Waals surface area contributed by atoms with Crippen LogP contribution in [0.25, 0.3) is 11.3 Å². The molecule has 6 heteroatoms. The van der Waals surface area contributed by atoms with E-state index in [0.717, 1.165) is 11.3 Å². The number of nitro groups is 1. The van der Waals surface area contributed by atoms with Gasteiger partial charge in [0.1, 0.15) is 5.76 Å². The van der Waals surface area contributed by atoms with Gasteiger partial charge >= 0.3 is 0 Å². The van der Waals surface area contributed by atoms with Gasteiger partial charge in [-0.15, -0.1) is 0 Å². The molecular formula is C18H14N2O4. The smallest absolute Gasteiger partial charge is 0.270 e. The molecule has 0 spiro atoms. The number of non-ortho nitro benzene ring substituents is 1. The van der Waals surface area contributed by atoms with Gasteiger partial charge in [-0.1, -0.05) is 12.1 Å². The number of nitrogens with one attached hydrogen (secondary N) is 1. The molecule has 1 heterocycles. The van der Waals surface area contributed by atoms with Gasteiger partial charge in [0.25, 0.3) is 5.69 Å². The second-order valence-corrected chi connectivity index (χ2v) is 5.30. The van der Waals surface area contributed by atoms with Crippen LogP contribution < -0.4 is 5.32 Å². The second kappa shape index (κ2) is 6.37. The SMILES string of the molecule is Cc1cccc(Nc2ccc([N+](=O)[O-])cc2-c2ccc(C=O)o2)c1. The van der Waals surface area contributed by atoms with Crippen LogP contribution in [0.2, 0.25) is 0 Å². The zero-order chi connectivity index (χ0) is 17.1. The average Bonchev–Trinajstić information content (AvgIpc) is 3.04. The third-order valence-electron chi connectivity index (χ3n) is 3.52. The van der Waals surface area contributed by atoms with Crippen molar-refractivity contribution in [1.29, 1.82) is 0 Å². The first-order valence-corrected chi connectivity index (χ1v) is 7.24. The van der Waals surface area contributed by atoms with Crippen molar-refractivity contribution >= 4 is 23.3 Å². The number of nitrogens with zero attached hydrogens (tertiary/aromatic N) is 1. The molecule has 0 fully saturated rings. The fraction of sp³-hybridized carbons (Fsp3) is 0.0556. The van der Waals surface area contributed by atoms with E-state index in [0.29, 0.717) is 23.3 Å². The number of carbonyl (C=O) groups is 1. The molecule has 0 unspecified atom stereocenters. The van der Waals surface area contributed by atoms with Crippen LogP contribution in [0.5, 0.6) is 0 Å². The number of hydrogen-bond acceptors (Lipinski definition) is 5. The lowest BCUT2D eigenvalue weighted by Gasteiger charge is -2.11. The molecule has 0 saturated carbocycles. The van der Waals surface area contributed by atoms with Crippen LogP contribution >= 0.6 is 0 Å². The van der Waals surface area contributed by atoms with Gasteiger partial charge in [0.05, 0.1) is 10.6 Å². The summed E-state index contributed by atoms with van der Waals surface area (Å²) in [7, 11) is 0. The molecule has 120 valence electrons. The Morgan fingerprint density at radius 1 is 1.12 bits per heavy atom. The normalized spacial score (nSPS) is 10.4. The number of rotatable bonds is 5. The van der Waals surface area contributed by atoms with Gasteiger partial charge in [0, 0.05) is 23.4 Å². The largest absolute Gasteiger partial charge is 0.453 e. The summed E-state index contributed by atoms with van der Waals surface area (Å²) < 4.78 is 5.43. The molecule has 0 atom stereocenters. The first kappa shape index (κ1) is 15.5. The quantitative estimate of drug-likeness (QED) is 0.417. The molecule has 0 aliphatic heterocycles. The molecule has 1 N–H and O–H groups in total. The van der Waals surface area contributed by atoms with E-state index < -0.39 is 4.92 Å². The Morgan fingerprint density at radius 2 is 1.96 bits per heavy atom. The average molecular weight is 322 g/mol. The zero-order valence-electron chi connectivity index (χ0n) is 12.9. The molecule has 0 saturated heterocycles. The van der Waals surface area contributed by atoms with E-state index in [4.69, 9.17) is 4.42 Å². The molecular weight excluding hydrogens is 308 g/mol. The van der Waals surface area contributed by atoms with Crippen molar-refractivity contribution in [3.8, 4) is 11.3 Å². The first-order valence-electron chi connectivity index (χ1n) is 7.24. The molecule has 1 aromatic heterocycles. The highest BCUT2D eigenvalue weighted by Gasteiger charge is 2.15. The van der Waals surface area contributed by atoms with E-state index in [-0.39, 0.29) is 11.4 Å². The van der Waals surface area contributed by atoms with Gasteiger partial charge < -0.3 is 9.73 Å². The van der Waals surface area contributed by atoms with Crippen LogP contribution in [0, 0.1) is 17.0 Å². The van der Waals surface area contributed by atoms with Gasteiger partial charge in [-0.3, -0.25) is 14.9 Å². The van der Waals surface area contributed by atoms with E-state index >= 15 is 0 Å². The number of furan rings is 1. The van der Waals surface area contributed by atoms with Crippen LogP contribution in [0.3, 0.4) is 0 Å². The number of aldehydes is 1. The maximum absolute atomic E-state index is 11.1. The maximum atomic E-state index is 11.1. The van der Waals surface area contributed by atoms with E-state index in [1.54, 1.807) is 12.1 Å². The van der Waals surface area contributed by atoms with Gasteiger partial charge in [0.2, 0.25) is 0 Å². The molecule has 0 bridgehead atoms. The van der Waals surface area contributed by atoms with Crippen LogP contribution in [0.4, 0.5) is 17.1 Å². The number of benzene rings is 2. The van der Waals surface area contributed by atoms with Crippen molar-refractivity contribution in [2.75, 3.05) is 5.32 Å². The predicted octanol–water partition coefficient (Wildman–Crippen LogP) is 4.72. The van der Waals surface area contributed by atoms with Gasteiger partial charge in [-0.25, -0.2) is 0 Å². The van der Waals surface area contributed by atoms with E-state index in [9.17, 15) is 14.9 Å². The van der Waals surface area contributed by atoms with Crippen LogP contribution in [0.1, 0.15) is 16.1 Å². The van der Waals surface area contributed by atoms with Gasteiger partial charge in [-0.2, -0.15) is 0 Å². The summed E-state index contributed by atoms with van der Waals surface area (Å²) in [6.07, 6.45) is 0.592. The fourth-order valence-electron chi connectivity index (χ4n) is 2.40. The molecule has 24 heavy (non-hydrogen) atoms. The van der Waals surface area contributed by atoms with Crippen molar-refractivity contribution in [3.05, 3.63) is 76.0 Å². The number of nitro benzene ring substituents is 1. The summed E-state index contributed by atoms with van der Waals surface area (Å²) in [4.78, 5) is 21.4. The zero-order valence-corrected chi connectivity index (χ0v) is 12.9. The molecule has 3 rings (SSSR count). The standard InChI is InChI=1S/C18H14N2O4/c1-12-3-2-4-13(9-12)19-17-7-5-14(20(22)23)10-16(17)18-8-6-15(11-21)24-18/h2-11,19H,1H3. The fourth-order valence-corrected chi connectivity index (χ4v) is 2.40. The number of hydrogen-bond donors (Lipinski definition) is 1. The molecule has 0 aliphatic rings. The summed E-state index contributed by atoms with van der Waals surface area (Å²) in [6, 6.07) is 15.4. The van der Waals surface area contributed by atoms with Crippen molar-refractivity contribution in [1.82, 2.24) is 0 Å². The lowest BCUT2D eigenvalue weighted by molar-refractivity contribution is -0.384. The van der Waals surface area contributed by atoms with Gasteiger partial charge in [-0.05, 0) is 42.8 Å². The topological polar surface area (TPSA) is 85.4 Å². The lowest BCUT2D eigenvalue weighted by Crippen LogP contribution is -1.95. The van der Waals surface area contributed by atoms with Crippen molar-refractivity contribution in [2.24, 2.45) is 0 Å². The van der Waals surface area contributed by atoms with E-state index in [1.807, 2.05) is 31.2 Å². The molecule has 0 amide bonds. The Hall–Kier alpha value is -3.41. The second-order valence-electron chi connectivity index (χ2n) is 5.30. The number of anilines is 2. The summed E-state index contributed by atoms with van der Waals surface area (Å²) in [5.41, 5.74) is 3.05. The summed E-state index contributed by atoms with van der Waals surface area (Å²) in [5, 5.41) is 14.3. The molecule has 0 radical (unpaired) electrons. The summed E-state index contributed by atoms with van der Waals surface area (Å²) >= 11 is 0. The van der Waals surface area contributed by atoms with Gasteiger partial charge in [0.15, 0.2) is 12.0 Å².